The van der Waals surface area contributed by atoms with E-state index in [9.17, 15) is 0 Å². The van der Waals surface area contributed by atoms with E-state index in [0.717, 1.165) is 61.5 Å². The predicted molar refractivity (Wildman–Crippen MR) is 254 cm³/mol. The van der Waals surface area contributed by atoms with E-state index in [1.165, 1.54) is 43.4 Å². The molecule has 3 aromatic heterocycles. The minimum Gasteiger partial charge on any atom is -0.457 e. The van der Waals surface area contributed by atoms with Gasteiger partial charge in [0.1, 0.15) is 17.3 Å². The molecule has 0 amide bonds. The highest BCUT2D eigenvalue weighted by molar-refractivity contribution is 6.20. The van der Waals surface area contributed by atoms with E-state index >= 15 is 0 Å². The molecule has 5 heteroatoms. The Bertz CT molecular complexity index is 3360. The number of ether oxygens (including phenoxy) is 1. The molecule has 0 aliphatic heterocycles. The van der Waals surface area contributed by atoms with Crippen molar-refractivity contribution in [3.8, 4) is 17.3 Å². The topological polar surface area (TPSA) is 54.9 Å². The van der Waals surface area contributed by atoms with Gasteiger partial charge in [0.05, 0.1) is 27.8 Å². The van der Waals surface area contributed by atoms with Crippen LogP contribution in [0.25, 0.3) is 71.0 Å². The van der Waals surface area contributed by atoms with Crippen LogP contribution in [0.5, 0.6) is 11.5 Å². The Kier molecular flexibility index (Phi) is 8.87. The molecule has 0 aliphatic rings. The van der Waals surface area contributed by atoms with Crippen LogP contribution in [0.3, 0.4) is 0 Å². The number of benzene rings is 7. The summed E-state index contributed by atoms with van der Waals surface area (Å²) in [6.07, 6.45) is 1.92. The Morgan fingerprint density at radius 1 is 0.483 bits per heavy atom. The lowest BCUT2D eigenvalue weighted by atomic mass is 9.85. The molecule has 0 saturated carbocycles. The van der Waals surface area contributed by atoms with E-state index < -0.39 is 0 Å². The van der Waals surface area contributed by atoms with Gasteiger partial charge in [-0.05, 0) is 92.0 Å². The zero-order valence-corrected chi connectivity index (χ0v) is 35.0. The quantitative estimate of drug-likeness (QED) is 0.183. The lowest BCUT2D eigenvalue weighted by Gasteiger charge is -2.21. The van der Waals surface area contributed by atoms with Crippen molar-refractivity contribution in [2.45, 2.75) is 52.4 Å². The first-order chi connectivity index (χ1) is 29.0. The number of nitrogens with one attached hydrogen (secondary N) is 2. The third-order valence-electron chi connectivity index (χ3n) is 11.7. The van der Waals surface area contributed by atoms with Crippen molar-refractivity contribution >= 4 is 76.5 Å². The highest BCUT2D eigenvalue weighted by Gasteiger charge is 2.20. The lowest BCUT2D eigenvalue weighted by molar-refractivity contribution is 0.483. The fraction of sp³-hybridized carbons (Fsp3) is 0.145. The van der Waals surface area contributed by atoms with Gasteiger partial charge in [-0.2, -0.15) is 0 Å². The summed E-state index contributed by atoms with van der Waals surface area (Å²) in [6.45, 7) is 13.6. The number of hydrogen-bond donors (Lipinski definition) is 2. The Labute approximate surface area is 350 Å². The van der Waals surface area contributed by atoms with Crippen LogP contribution in [0, 0.1) is 0 Å². The minimum absolute atomic E-state index is 0.00703. The average Bonchev–Trinajstić information content (AvgIpc) is 3.59. The maximum atomic E-state index is 6.69. The SMILES string of the molecule is CC(C)(C)c1ccnc(-n2c3ccccc3c3ccc(Oc4cccc(Nc5cccc6c5[nH]c5c(C(C)(C)C)cccc5c5ccccc5c5ccccc65)c4)cc32)c1. The molecule has 0 unspecified atom stereocenters. The van der Waals surface area contributed by atoms with Crippen LogP contribution in [0.2, 0.25) is 0 Å². The summed E-state index contributed by atoms with van der Waals surface area (Å²) in [4.78, 5) is 8.91. The van der Waals surface area contributed by atoms with Crippen molar-refractivity contribution in [1.82, 2.24) is 14.5 Å². The van der Waals surface area contributed by atoms with Gasteiger partial charge in [-0.15, -0.1) is 0 Å². The van der Waals surface area contributed by atoms with Crippen molar-refractivity contribution in [3.05, 3.63) is 181 Å². The van der Waals surface area contributed by atoms with Gasteiger partial charge in [0, 0.05) is 45.6 Å². The number of hydrogen-bond acceptors (Lipinski definition) is 3. The average molecular weight is 781 g/mol. The van der Waals surface area contributed by atoms with Crippen LogP contribution in [0.1, 0.15) is 52.7 Å². The Morgan fingerprint density at radius 3 is 1.77 bits per heavy atom. The molecular weight excluding hydrogens is 733 g/mol. The monoisotopic (exact) mass is 780 g/mol. The highest BCUT2D eigenvalue weighted by atomic mass is 16.5. The maximum absolute atomic E-state index is 6.69. The lowest BCUT2D eigenvalue weighted by Crippen LogP contribution is -2.12. The van der Waals surface area contributed by atoms with Crippen LogP contribution >= 0.6 is 0 Å². The molecule has 0 saturated heterocycles. The number of rotatable bonds is 5. The number of H-pyrrole nitrogens is 1. The number of fused-ring (bicyclic) bond motifs is 10. The summed E-state index contributed by atoms with van der Waals surface area (Å²) in [5.41, 5.74) is 8.56. The van der Waals surface area contributed by atoms with E-state index in [-0.39, 0.29) is 10.8 Å². The minimum atomic E-state index is -0.104. The molecule has 0 atom stereocenters. The third kappa shape index (κ3) is 6.57. The zero-order valence-electron chi connectivity index (χ0n) is 35.0. The van der Waals surface area contributed by atoms with Gasteiger partial charge in [0.15, 0.2) is 0 Å². The summed E-state index contributed by atoms with van der Waals surface area (Å²) in [7, 11) is 0. The standard InChI is InChI=1S/C55H48N4O/c1-54(2,3)35-30-31-56-51(32-35)59-49-27-12-11-22-43(49)44-29-28-38(34-50(44)59)60-37-17-13-16-36(33-37)57-48-26-15-24-46-42-21-10-8-19-40(42)39-18-7-9-20-41(39)45-23-14-25-47(55(4,5)6)52(45)58-53(46)48/h7-34,57-58H,1-6H3. The predicted octanol–water partition coefficient (Wildman–Crippen LogP) is 15.4. The molecule has 0 radical (unpaired) electrons. The summed E-state index contributed by atoms with van der Waals surface area (Å²) < 4.78 is 8.94. The number of para-hydroxylation sites is 3. The van der Waals surface area contributed by atoms with Gasteiger partial charge in [-0.1, -0.05) is 145 Å². The first kappa shape index (κ1) is 37.2. The molecule has 2 N–H and O–H groups in total. The van der Waals surface area contributed by atoms with E-state index in [4.69, 9.17) is 9.72 Å². The summed E-state index contributed by atoms with van der Waals surface area (Å²) in [6, 6.07) is 58.2. The molecule has 10 aromatic rings. The fourth-order valence-corrected chi connectivity index (χ4v) is 8.78. The molecule has 0 fully saturated rings. The molecule has 10 rings (SSSR count). The second-order valence-electron chi connectivity index (χ2n) is 17.9. The number of pyridine rings is 1. The third-order valence-corrected chi connectivity index (χ3v) is 11.7. The van der Waals surface area contributed by atoms with E-state index in [1.807, 2.05) is 18.3 Å². The number of aromatic amines is 1. The molecular formula is C55H48N4O. The summed E-state index contributed by atoms with van der Waals surface area (Å²) >= 11 is 0. The normalized spacial score (nSPS) is 12.2. The van der Waals surface area contributed by atoms with Gasteiger partial charge in [0.2, 0.25) is 0 Å². The molecule has 0 bridgehead atoms. The number of anilines is 2. The number of nitrogens with zero attached hydrogens (tertiary/aromatic N) is 2. The molecule has 0 aliphatic carbocycles. The van der Waals surface area contributed by atoms with Crippen molar-refractivity contribution in [3.63, 3.8) is 0 Å². The van der Waals surface area contributed by atoms with Crippen molar-refractivity contribution in [2.75, 3.05) is 5.32 Å². The van der Waals surface area contributed by atoms with Gasteiger partial charge in [-0.25, -0.2) is 4.98 Å². The van der Waals surface area contributed by atoms with E-state index in [0.29, 0.717) is 0 Å². The zero-order chi connectivity index (χ0) is 41.2. The van der Waals surface area contributed by atoms with Crippen LogP contribution in [-0.2, 0) is 10.8 Å². The van der Waals surface area contributed by atoms with Crippen LogP contribution < -0.4 is 10.1 Å². The summed E-state index contributed by atoms with van der Waals surface area (Å²) in [5.74, 6) is 2.38. The Morgan fingerprint density at radius 2 is 1.07 bits per heavy atom. The van der Waals surface area contributed by atoms with E-state index in [2.05, 4.69) is 208 Å². The second kappa shape index (κ2) is 14.3. The molecule has 60 heavy (non-hydrogen) atoms. The molecule has 3 heterocycles. The molecule has 294 valence electrons. The molecule has 5 nitrogen and oxygen atoms in total. The second-order valence-corrected chi connectivity index (χ2v) is 17.9. The van der Waals surface area contributed by atoms with Crippen molar-refractivity contribution in [1.29, 1.82) is 0 Å². The van der Waals surface area contributed by atoms with E-state index in [1.54, 1.807) is 0 Å². The van der Waals surface area contributed by atoms with Crippen molar-refractivity contribution in [2.24, 2.45) is 0 Å². The van der Waals surface area contributed by atoms with Gasteiger partial charge in [0.25, 0.3) is 0 Å². The van der Waals surface area contributed by atoms with Crippen LogP contribution in [-0.4, -0.2) is 14.5 Å². The first-order valence-electron chi connectivity index (χ1n) is 20.8. The van der Waals surface area contributed by atoms with Gasteiger partial charge < -0.3 is 15.0 Å². The first-order valence-corrected chi connectivity index (χ1v) is 20.8. The number of aromatic nitrogens is 3. The Balaban J connectivity index is 1.10. The van der Waals surface area contributed by atoms with Crippen LogP contribution in [0.4, 0.5) is 11.4 Å². The summed E-state index contributed by atoms with van der Waals surface area (Å²) in [5, 5.41) is 13.2. The molecule has 0 spiro atoms. The van der Waals surface area contributed by atoms with Crippen LogP contribution in [0.15, 0.2) is 170 Å². The fourth-order valence-electron chi connectivity index (χ4n) is 8.78. The highest BCUT2D eigenvalue weighted by Crippen LogP contribution is 2.39. The maximum Gasteiger partial charge on any atom is 0.137 e. The Hall–Kier alpha value is -7.11. The van der Waals surface area contributed by atoms with Gasteiger partial charge >= 0.3 is 0 Å². The smallest absolute Gasteiger partial charge is 0.137 e. The van der Waals surface area contributed by atoms with Gasteiger partial charge in [-0.3, -0.25) is 4.57 Å². The van der Waals surface area contributed by atoms with Crippen molar-refractivity contribution < 1.29 is 4.74 Å². The molecule has 7 aromatic carbocycles. The largest absolute Gasteiger partial charge is 0.457 e.